The van der Waals surface area contributed by atoms with Crippen molar-refractivity contribution in [3.8, 4) is 5.75 Å². The van der Waals surface area contributed by atoms with Crippen LogP contribution in [0.1, 0.15) is 27.9 Å². The predicted molar refractivity (Wildman–Crippen MR) is 90.1 cm³/mol. The van der Waals surface area contributed by atoms with E-state index in [9.17, 15) is 18.0 Å². The molecule has 0 radical (unpaired) electrons. The van der Waals surface area contributed by atoms with Crippen LogP contribution in [0, 0.1) is 6.92 Å². The van der Waals surface area contributed by atoms with Gasteiger partial charge >= 0.3 is 6.18 Å². The molecule has 0 aliphatic heterocycles. The summed E-state index contributed by atoms with van der Waals surface area (Å²) in [5, 5.41) is 3.20. The quantitative estimate of drug-likeness (QED) is 0.736. The summed E-state index contributed by atoms with van der Waals surface area (Å²) in [4.78, 5) is 12.0. The summed E-state index contributed by atoms with van der Waals surface area (Å²) >= 11 is 5.77. The number of hydrogen-bond donors (Lipinski definition) is 1. The predicted octanol–water partition coefficient (Wildman–Crippen LogP) is 4.87. The molecule has 0 heterocycles. The fourth-order valence-electron chi connectivity index (χ4n) is 2.17. The van der Waals surface area contributed by atoms with Gasteiger partial charge in [-0.25, -0.2) is 0 Å². The number of alkyl halides is 3. The van der Waals surface area contributed by atoms with Gasteiger partial charge in [-0.2, -0.15) is 13.2 Å². The van der Waals surface area contributed by atoms with Crippen molar-refractivity contribution in [1.82, 2.24) is 5.32 Å². The molecule has 1 N–H and O–H groups in total. The van der Waals surface area contributed by atoms with Gasteiger partial charge in [0.2, 0.25) is 0 Å². The van der Waals surface area contributed by atoms with Gasteiger partial charge in [0.25, 0.3) is 5.91 Å². The van der Waals surface area contributed by atoms with E-state index in [0.717, 1.165) is 12.1 Å². The van der Waals surface area contributed by atoms with Crippen LogP contribution in [-0.2, 0) is 6.18 Å². The number of ether oxygens (including phenoxy) is 1. The van der Waals surface area contributed by atoms with Gasteiger partial charge in [-0.3, -0.25) is 4.79 Å². The molecule has 0 saturated heterocycles. The Morgan fingerprint density at radius 1 is 1.16 bits per heavy atom. The molecule has 7 heteroatoms. The van der Waals surface area contributed by atoms with Crippen molar-refractivity contribution in [3.63, 3.8) is 0 Å². The molecule has 0 aliphatic rings. The van der Waals surface area contributed by atoms with E-state index in [1.807, 2.05) is 0 Å². The van der Waals surface area contributed by atoms with Gasteiger partial charge in [-0.15, -0.1) is 0 Å². The minimum atomic E-state index is -4.48. The number of rotatable bonds is 6. The van der Waals surface area contributed by atoms with E-state index in [1.54, 1.807) is 24.3 Å². The highest BCUT2D eigenvalue weighted by atomic mass is 35.5. The summed E-state index contributed by atoms with van der Waals surface area (Å²) in [6.45, 7) is 2.18. The fourth-order valence-corrected chi connectivity index (χ4v) is 2.30. The van der Waals surface area contributed by atoms with Crippen LogP contribution in [0.15, 0.2) is 42.5 Å². The van der Waals surface area contributed by atoms with Crippen LogP contribution in [-0.4, -0.2) is 19.1 Å². The van der Waals surface area contributed by atoms with E-state index >= 15 is 0 Å². The van der Waals surface area contributed by atoms with Crippen LogP contribution in [0.25, 0.3) is 0 Å². The lowest BCUT2D eigenvalue weighted by molar-refractivity contribution is -0.137. The Labute approximate surface area is 148 Å². The van der Waals surface area contributed by atoms with Crippen molar-refractivity contribution < 1.29 is 22.7 Å². The molecule has 0 fully saturated rings. The standard InChI is InChI=1S/C18H17ClF3NO2/c1-12-9-13(11-14(10-12)18(20,21)22)17(24)23-7-2-8-25-16-5-3-15(19)4-6-16/h3-6,9-11H,2,7-8H2,1H3,(H,23,24). The lowest BCUT2D eigenvalue weighted by Gasteiger charge is -2.11. The normalized spacial score (nSPS) is 11.2. The van der Waals surface area contributed by atoms with Crippen molar-refractivity contribution in [3.05, 3.63) is 64.2 Å². The van der Waals surface area contributed by atoms with E-state index in [4.69, 9.17) is 16.3 Å². The molecule has 3 nitrogen and oxygen atoms in total. The second-order valence-corrected chi connectivity index (χ2v) is 5.93. The minimum absolute atomic E-state index is 0.00838. The van der Waals surface area contributed by atoms with E-state index in [2.05, 4.69) is 5.32 Å². The number of benzene rings is 2. The van der Waals surface area contributed by atoms with Crippen molar-refractivity contribution in [2.45, 2.75) is 19.5 Å². The summed E-state index contributed by atoms with van der Waals surface area (Å²) in [5.74, 6) is 0.116. The lowest BCUT2D eigenvalue weighted by atomic mass is 10.1. The summed E-state index contributed by atoms with van der Waals surface area (Å²) in [6.07, 6.45) is -3.96. The fraction of sp³-hybridized carbons (Fsp3) is 0.278. The third-order valence-electron chi connectivity index (χ3n) is 3.36. The van der Waals surface area contributed by atoms with E-state index < -0.39 is 17.6 Å². The zero-order valence-electron chi connectivity index (χ0n) is 13.5. The lowest BCUT2D eigenvalue weighted by Crippen LogP contribution is -2.26. The second-order valence-electron chi connectivity index (χ2n) is 5.50. The number of carbonyl (C=O) groups is 1. The SMILES string of the molecule is Cc1cc(C(=O)NCCCOc2ccc(Cl)cc2)cc(C(F)(F)F)c1. The number of halogens is 4. The van der Waals surface area contributed by atoms with Gasteiger partial charge in [-0.05, 0) is 61.4 Å². The smallest absolute Gasteiger partial charge is 0.416 e. The Morgan fingerprint density at radius 3 is 2.48 bits per heavy atom. The van der Waals surface area contributed by atoms with Crippen molar-refractivity contribution in [2.24, 2.45) is 0 Å². The number of carbonyl (C=O) groups excluding carboxylic acids is 1. The molecule has 2 aromatic carbocycles. The summed E-state index contributed by atoms with van der Waals surface area (Å²) in [7, 11) is 0. The van der Waals surface area contributed by atoms with E-state index in [1.165, 1.54) is 13.0 Å². The Hall–Kier alpha value is -2.21. The number of hydrogen-bond acceptors (Lipinski definition) is 2. The molecular formula is C18H17ClF3NO2. The van der Waals surface area contributed by atoms with Crippen LogP contribution in [0.2, 0.25) is 5.02 Å². The van der Waals surface area contributed by atoms with E-state index in [-0.39, 0.29) is 5.56 Å². The van der Waals surface area contributed by atoms with Crippen molar-refractivity contribution >= 4 is 17.5 Å². The van der Waals surface area contributed by atoms with Gasteiger partial charge in [0.05, 0.1) is 12.2 Å². The highest BCUT2D eigenvalue weighted by Crippen LogP contribution is 2.30. The summed E-state index contributed by atoms with van der Waals surface area (Å²) < 4.78 is 43.9. The molecule has 0 bridgehead atoms. The van der Waals surface area contributed by atoms with Crippen LogP contribution in [0.5, 0.6) is 5.75 Å². The third kappa shape index (κ3) is 5.98. The number of nitrogens with one attached hydrogen (secondary N) is 1. The van der Waals surface area contributed by atoms with E-state index in [0.29, 0.717) is 35.9 Å². The first-order chi connectivity index (χ1) is 11.8. The second kappa shape index (κ2) is 8.25. The van der Waals surface area contributed by atoms with Crippen LogP contribution < -0.4 is 10.1 Å². The summed E-state index contributed by atoms with van der Waals surface area (Å²) in [5.41, 5.74) is -0.458. The first-order valence-electron chi connectivity index (χ1n) is 7.61. The highest BCUT2D eigenvalue weighted by Gasteiger charge is 2.31. The molecule has 0 atom stereocenters. The largest absolute Gasteiger partial charge is 0.494 e. The van der Waals surface area contributed by atoms with Crippen molar-refractivity contribution in [1.29, 1.82) is 0 Å². The van der Waals surface area contributed by atoms with Gasteiger partial charge in [0, 0.05) is 17.1 Å². The van der Waals surface area contributed by atoms with Crippen LogP contribution in [0.3, 0.4) is 0 Å². The van der Waals surface area contributed by atoms with Gasteiger partial charge in [0.1, 0.15) is 5.75 Å². The third-order valence-corrected chi connectivity index (χ3v) is 3.61. The van der Waals surface area contributed by atoms with Gasteiger partial charge < -0.3 is 10.1 Å². The Balaban J connectivity index is 1.82. The zero-order chi connectivity index (χ0) is 18.4. The molecule has 0 unspecified atom stereocenters. The molecule has 0 aliphatic carbocycles. The average Bonchev–Trinajstić information content (AvgIpc) is 2.54. The van der Waals surface area contributed by atoms with Gasteiger partial charge in [-0.1, -0.05) is 11.6 Å². The average molecular weight is 372 g/mol. The molecule has 0 aromatic heterocycles. The highest BCUT2D eigenvalue weighted by molar-refractivity contribution is 6.30. The molecule has 25 heavy (non-hydrogen) atoms. The molecule has 1 amide bonds. The monoisotopic (exact) mass is 371 g/mol. The first-order valence-corrected chi connectivity index (χ1v) is 7.99. The Morgan fingerprint density at radius 2 is 1.84 bits per heavy atom. The molecule has 0 saturated carbocycles. The molecule has 134 valence electrons. The zero-order valence-corrected chi connectivity index (χ0v) is 14.2. The number of amides is 1. The van der Waals surface area contributed by atoms with Crippen molar-refractivity contribution in [2.75, 3.05) is 13.2 Å². The summed E-state index contributed by atoms with van der Waals surface area (Å²) in [6, 6.07) is 10.2. The topological polar surface area (TPSA) is 38.3 Å². The number of aryl methyl sites for hydroxylation is 1. The maximum atomic E-state index is 12.8. The minimum Gasteiger partial charge on any atom is -0.494 e. The van der Waals surface area contributed by atoms with Crippen LogP contribution in [0.4, 0.5) is 13.2 Å². The maximum Gasteiger partial charge on any atom is 0.416 e. The molecule has 0 spiro atoms. The molecular weight excluding hydrogens is 355 g/mol. The molecule has 2 aromatic rings. The Kier molecular flexibility index (Phi) is 6.31. The van der Waals surface area contributed by atoms with Crippen LogP contribution >= 0.6 is 11.6 Å². The molecule has 2 rings (SSSR count). The maximum absolute atomic E-state index is 12.8. The Bertz CT molecular complexity index is 730. The van der Waals surface area contributed by atoms with Gasteiger partial charge in [0.15, 0.2) is 0 Å². The first kappa shape index (κ1) is 19.1.